The fraction of sp³-hybridized carbons (Fsp3) is 0.500. The fourth-order valence-corrected chi connectivity index (χ4v) is 4.49. The van der Waals surface area contributed by atoms with Gasteiger partial charge in [0.15, 0.2) is 11.5 Å². The Balaban J connectivity index is 1.29. The van der Waals surface area contributed by atoms with Gasteiger partial charge in [-0.3, -0.25) is 4.79 Å². The van der Waals surface area contributed by atoms with E-state index in [-0.39, 0.29) is 19.1 Å². The maximum atomic E-state index is 12.8. The lowest BCUT2D eigenvalue weighted by Gasteiger charge is -2.38. The van der Waals surface area contributed by atoms with Crippen LogP contribution in [0.4, 0.5) is 10.6 Å². The van der Waals surface area contributed by atoms with Crippen LogP contribution < -0.4 is 20.7 Å². The number of aliphatic hydroxyl groups is 2. The molecule has 1 aliphatic rings. The molecule has 5 N–H and O–H groups in total. The number of anilines is 1. The zero-order chi connectivity index (χ0) is 28.2. The first-order valence-electron chi connectivity index (χ1n) is 12.8. The monoisotopic (exact) mass is 541 g/mol. The number of nitrogens with zero attached hydrogens (tertiary/aromatic N) is 4. The average Bonchev–Trinajstić information content (AvgIpc) is 3.33. The van der Waals surface area contributed by atoms with Crippen LogP contribution in [-0.2, 0) is 4.74 Å². The molecule has 210 valence electrons. The van der Waals surface area contributed by atoms with Crippen molar-refractivity contribution < 1.29 is 29.3 Å². The molecule has 4 rings (SSSR count). The van der Waals surface area contributed by atoms with Gasteiger partial charge in [-0.25, -0.2) is 19.7 Å². The standard InChI is InChI=1S/C26H35N7O6/c1-26(2,3)39-25(37)28-11-12-38-16-7-5-15(6-8-16)24(36)32-17-9-10-18(21(35)20(17)34)33-14-31-19-22(27-4)29-13-30-23(19)33/h5-8,13-14,17-18,20-21,34-35H,9-12H2,1-4H3,(H,28,37)(H,32,36)(H,27,29,30)/t17-,18-,20-,21-/m1/s1. The predicted octanol–water partition coefficient (Wildman–Crippen LogP) is 1.63. The number of amides is 2. The number of carbonyl (C=O) groups excluding carboxylic acids is 2. The number of alkyl carbamates (subject to hydrolysis) is 1. The maximum absolute atomic E-state index is 12.8. The zero-order valence-corrected chi connectivity index (χ0v) is 22.4. The molecule has 2 amide bonds. The molecule has 0 radical (unpaired) electrons. The van der Waals surface area contributed by atoms with Gasteiger partial charge in [0, 0.05) is 12.6 Å². The third-order valence-electron chi connectivity index (χ3n) is 6.35. The van der Waals surface area contributed by atoms with Crippen molar-refractivity contribution in [3.63, 3.8) is 0 Å². The van der Waals surface area contributed by atoms with Gasteiger partial charge < -0.3 is 40.2 Å². The van der Waals surface area contributed by atoms with Gasteiger partial charge in [-0.05, 0) is 57.9 Å². The van der Waals surface area contributed by atoms with E-state index in [2.05, 4.69) is 30.9 Å². The Kier molecular flexibility index (Phi) is 8.51. The predicted molar refractivity (Wildman–Crippen MR) is 143 cm³/mol. The van der Waals surface area contributed by atoms with Crippen molar-refractivity contribution in [1.82, 2.24) is 30.2 Å². The number of carbonyl (C=O) groups is 2. The van der Waals surface area contributed by atoms with E-state index in [1.165, 1.54) is 6.33 Å². The van der Waals surface area contributed by atoms with Crippen LogP contribution in [0.1, 0.15) is 50.0 Å². The van der Waals surface area contributed by atoms with Crippen molar-refractivity contribution in [2.45, 2.75) is 63.5 Å². The number of aromatic nitrogens is 4. The molecule has 0 spiro atoms. The number of imidazole rings is 1. The third kappa shape index (κ3) is 6.73. The van der Waals surface area contributed by atoms with Crippen LogP contribution in [0.2, 0.25) is 0 Å². The number of hydrogen-bond donors (Lipinski definition) is 5. The van der Waals surface area contributed by atoms with E-state index in [9.17, 15) is 19.8 Å². The summed E-state index contributed by atoms with van der Waals surface area (Å²) in [6.07, 6.45) is 1.10. The highest BCUT2D eigenvalue weighted by molar-refractivity contribution is 5.94. The number of hydrogen-bond acceptors (Lipinski definition) is 10. The quantitative estimate of drug-likeness (QED) is 0.264. The minimum Gasteiger partial charge on any atom is -0.492 e. The van der Waals surface area contributed by atoms with Gasteiger partial charge in [0.2, 0.25) is 0 Å². The largest absolute Gasteiger partial charge is 0.492 e. The van der Waals surface area contributed by atoms with Crippen molar-refractivity contribution in [2.75, 3.05) is 25.5 Å². The van der Waals surface area contributed by atoms with Gasteiger partial charge in [-0.2, -0.15) is 0 Å². The first kappa shape index (κ1) is 28.0. The Labute approximate surface area is 226 Å². The summed E-state index contributed by atoms with van der Waals surface area (Å²) in [6.45, 7) is 5.85. The first-order chi connectivity index (χ1) is 18.6. The second-order valence-corrected chi connectivity index (χ2v) is 10.3. The maximum Gasteiger partial charge on any atom is 0.407 e. The number of aliphatic hydroxyl groups excluding tert-OH is 2. The van der Waals surface area contributed by atoms with E-state index in [1.807, 2.05) is 0 Å². The van der Waals surface area contributed by atoms with Crippen LogP contribution in [0.25, 0.3) is 11.2 Å². The van der Waals surface area contributed by atoms with Crippen molar-refractivity contribution in [3.05, 3.63) is 42.5 Å². The molecule has 2 aromatic heterocycles. The van der Waals surface area contributed by atoms with Gasteiger partial charge in [0.1, 0.15) is 42.0 Å². The molecule has 13 heteroatoms. The zero-order valence-electron chi connectivity index (χ0n) is 22.4. The van der Waals surface area contributed by atoms with Gasteiger partial charge >= 0.3 is 6.09 Å². The summed E-state index contributed by atoms with van der Waals surface area (Å²) < 4.78 is 12.5. The number of ether oxygens (including phenoxy) is 2. The van der Waals surface area contributed by atoms with Gasteiger partial charge in [-0.15, -0.1) is 0 Å². The molecule has 1 aromatic carbocycles. The van der Waals surface area contributed by atoms with Gasteiger partial charge in [-0.1, -0.05) is 0 Å². The van der Waals surface area contributed by atoms with Crippen LogP contribution in [-0.4, -0.2) is 85.8 Å². The van der Waals surface area contributed by atoms with Crippen LogP contribution >= 0.6 is 0 Å². The van der Waals surface area contributed by atoms with E-state index in [4.69, 9.17) is 9.47 Å². The smallest absolute Gasteiger partial charge is 0.407 e. The Morgan fingerprint density at radius 3 is 2.51 bits per heavy atom. The lowest BCUT2D eigenvalue weighted by atomic mass is 9.85. The average molecular weight is 542 g/mol. The SMILES string of the molecule is CNc1ncnc2c1ncn2[C@@H]1CC[C@@H](NC(=O)c2ccc(OCCNC(=O)OC(C)(C)C)cc2)[C@@H](O)[C@@H]1O. The summed E-state index contributed by atoms with van der Waals surface area (Å²) in [4.78, 5) is 37.3. The molecule has 0 bridgehead atoms. The molecule has 4 atom stereocenters. The Hall–Kier alpha value is -3.97. The number of nitrogens with one attached hydrogen (secondary N) is 3. The van der Waals surface area contributed by atoms with E-state index in [1.54, 1.807) is 63.0 Å². The normalized spacial score (nSPS) is 21.3. The summed E-state index contributed by atoms with van der Waals surface area (Å²) in [5.41, 5.74) is 0.936. The first-order valence-corrected chi connectivity index (χ1v) is 12.8. The summed E-state index contributed by atoms with van der Waals surface area (Å²) >= 11 is 0. The highest BCUT2D eigenvalue weighted by Gasteiger charge is 2.39. The molecule has 39 heavy (non-hydrogen) atoms. The molecule has 2 heterocycles. The lowest BCUT2D eigenvalue weighted by Crippen LogP contribution is -2.54. The van der Waals surface area contributed by atoms with Crippen LogP contribution in [0.3, 0.4) is 0 Å². The molecule has 1 fully saturated rings. The topological polar surface area (TPSA) is 173 Å². The van der Waals surface area contributed by atoms with E-state index >= 15 is 0 Å². The summed E-state index contributed by atoms with van der Waals surface area (Å²) in [6, 6.07) is 5.43. The Bertz CT molecular complexity index is 1290. The number of rotatable bonds is 8. The van der Waals surface area contributed by atoms with Gasteiger partial charge in [0.25, 0.3) is 5.91 Å². The van der Waals surface area contributed by atoms with Crippen LogP contribution in [0.15, 0.2) is 36.9 Å². The molecule has 13 nitrogen and oxygen atoms in total. The Morgan fingerprint density at radius 2 is 1.82 bits per heavy atom. The highest BCUT2D eigenvalue weighted by Crippen LogP contribution is 2.32. The van der Waals surface area contributed by atoms with Gasteiger partial charge in [0.05, 0.1) is 25.0 Å². The Morgan fingerprint density at radius 1 is 1.08 bits per heavy atom. The van der Waals surface area contributed by atoms with E-state index < -0.39 is 36.0 Å². The van der Waals surface area contributed by atoms with E-state index in [0.29, 0.717) is 41.1 Å². The molecule has 3 aromatic rings. The van der Waals surface area contributed by atoms with Crippen molar-refractivity contribution in [3.8, 4) is 5.75 Å². The van der Waals surface area contributed by atoms with Crippen molar-refractivity contribution in [1.29, 1.82) is 0 Å². The second-order valence-electron chi connectivity index (χ2n) is 10.3. The minimum absolute atomic E-state index is 0.229. The molecule has 0 unspecified atom stereocenters. The summed E-state index contributed by atoms with van der Waals surface area (Å²) in [5.74, 6) is 0.734. The van der Waals surface area contributed by atoms with Crippen molar-refractivity contribution in [2.24, 2.45) is 0 Å². The molecular weight excluding hydrogens is 506 g/mol. The molecule has 1 aliphatic carbocycles. The fourth-order valence-electron chi connectivity index (χ4n) is 4.49. The number of fused-ring (bicyclic) bond motifs is 1. The molecular formula is C26H35N7O6. The lowest BCUT2D eigenvalue weighted by molar-refractivity contribution is -0.0552. The number of benzene rings is 1. The molecule has 0 aliphatic heterocycles. The third-order valence-corrected chi connectivity index (χ3v) is 6.35. The summed E-state index contributed by atoms with van der Waals surface area (Å²) in [5, 5.41) is 30.2. The van der Waals surface area contributed by atoms with E-state index in [0.717, 1.165) is 0 Å². The summed E-state index contributed by atoms with van der Waals surface area (Å²) in [7, 11) is 1.74. The van der Waals surface area contributed by atoms with Crippen LogP contribution in [0, 0.1) is 0 Å². The molecule has 0 saturated heterocycles. The van der Waals surface area contributed by atoms with Crippen molar-refractivity contribution >= 4 is 29.0 Å². The van der Waals surface area contributed by atoms with Crippen LogP contribution in [0.5, 0.6) is 5.75 Å². The highest BCUT2D eigenvalue weighted by atomic mass is 16.6. The second kappa shape index (κ2) is 11.8. The minimum atomic E-state index is -1.18. The molecule has 1 saturated carbocycles.